The molecule has 0 heterocycles. The van der Waals surface area contributed by atoms with E-state index in [2.05, 4.69) is 4.72 Å². The van der Waals surface area contributed by atoms with Crippen LogP contribution in [-0.2, 0) is 14.8 Å². The van der Waals surface area contributed by atoms with E-state index in [1.54, 1.807) is 12.1 Å². The molecule has 0 saturated heterocycles. The molecule has 0 spiro atoms. The highest BCUT2D eigenvalue weighted by Crippen LogP contribution is 2.18. The van der Waals surface area contributed by atoms with Crippen molar-refractivity contribution < 1.29 is 13.2 Å². The third-order valence-corrected chi connectivity index (χ3v) is 4.44. The van der Waals surface area contributed by atoms with E-state index < -0.39 is 22.0 Å². The molecule has 1 amide bonds. The zero-order chi connectivity index (χ0) is 14.8. The molecular weight excluding hydrogens is 278 g/mol. The van der Waals surface area contributed by atoms with E-state index in [4.69, 9.17) is 5.84 Å². The summed E-state index contributed by atoms with van der Waals surface area (Å²) in [5.74, 6) is 4.37. The first-order valence-corrected chi connectivity index (χ1v) is 7.44. The molecule has 0 saturated carbocycles. The molecule has 0 aliphatic heterocycles. The molecule has 4 N–H and O–H groups in total. The van der Waals surface area contributed by atoms with Crippen LogP contribution in [0.1, 0.15) is 6.92 Å². The molecule has 0 aliphatic carbocycles. The summed E-state index contributed by atoms with van der Waals surface area (Å²) < 4.78 is 26.6. The summed E-state index contributed by atoms with van der Waals surface area (Å²) in [7, 11) is -3.77. The van der Waals surface area contributed by atoms with Gasteiger partial charge in [0.2, 0.25) is 10.0 Å². The van der Waals surface area contributed by atoms with Gasteiger partial charge in [0.25, 0.3) is 5.91 Å². The summed E-state index contributed by atoms with van der Waals surface area (Å²) in [5.41, 5.74) is 1.90. The lowest BCUT2D eigenvalue weighted by atomic mass is 10.1. The normalized spacial score (nSPS) is 13.1. The summed E-state index contributed by atoms with van der Waals surface area (Å²) in [5, 5.41) is 1.76. The summed E-state index contributed by atoms with van der Waals surface area (Å²) in [4.78, 5) is 11.4. The average Bonchev–Trinajstić information content (AvgIpc) is 2.45. The smallest absolute Gasteiger partial charge is 0.251 e. The van der Waals surface area contributed by atoms with Crippen molar-refractivity contribution >= 4 is 26.7 Å². The van der Waals surface area contributed by atoms with Crippen LogP contribution in [0.2, 0.25) is 0 Å². The van der Waals surface area contributed by atoms with Gasteiger partial charge in [-0.05, 0) is 29.8 Å². The van der Waals surface area contributed by atoms with Crippen LogP contribution in [0.3, 0.4) is 0 Å². The van der Waals surface area contributed by atoms with Crippen molar-refractivity contribution in [1.29, 1.82) is 0 Å². The predicted octanol–water partition coefficient (Wildman–Crippen LogP) is 0.497. The molecule has 20 heavy (non-hydrogen) atoms. The Balaban J connectivity index is 2.34. The number of hydrogen-bond donors (Lipinski definition) is 3. The Morgan fingerprint density at radius 3 is 2.45 bits per heavy atom. The van der Waals surface area contributed by atoms with Crippen LogP contribution in [-0.4, -0.2) is 20.4 Å². The van der Waals surface area contributed by atoms with Crippen molar-refractivity contribution in [2.24, 2.45) is 5.84 Å². The number of carbonyl (C=O) groups is 1. The Hall–Kier alpha value is -1.96. The molecule has 0 unspecified atom stereocenters. The van der Waals surface area contributed by atoms with Crippen LogP contribution in [0.15, 0.2) is 47.4 Å². The molecule has 106 valence electrons. The first kappa shape index (κ1) is 14.4. The standard InChI is InChI=1S/C13H15N3O3S/c1-9(13(17)15-14)16-20(18,19)12-7-6-10-4-2-3-5-11(10)8-12/h2-9,16H,14H2,1H3,(H,15,17)/t9-/m0/s1. The lowest BCUT2D eigenvalue weighted by Gasteiger charge is -2.13. The van der Waals surface area contributed by atoms with Crippen molar-refractivity contribution in [2.75, 3.05) is 0 Å². The summed E-state index contributed by atoms with van der Waals surface area (Å²) in [6.07, 6.45) is 0. The van der Waals surface area contributed by atoms with E-state index in [0.717, 1.165) is 10.8 Å². The SMILES string of the molecule is C[C@H](NS(=O)(=O)c1ccc2ccccc2c1)C(=O)NN. The lowest BCUT2D eigenvalue weighted by Crippen LogP contribution is -2.47. The number of nitrogens with one attached hydrogen (secondary N) is 2. The van der Waals surface area contributed by atoms with E-state index in [-0.39, 0.29) is 4.90 Å². The van der Waals surface area contributed by atoms with Gasteiger partial charge in [-0.3, -0.25) is 10.2 Å². The number of benzene rings is 2. The Morgan fingerprint density at radius 1 is 1.15 bits per heavy atom. The Morgan fingerprint density at radius 2 is 1.80 bits per heavy atom. The van der Waals surface area contributed by atoms with E-state index in [9.17, 15) is 13.2 Å². The van der Waals surface area contributed by atoms with Crippen LogP contribution in [0.4, 0.5) is 0 Å². The topological polar surface area (TPSA) is 101 Å². The zero-order valence-corrected chi connectivity index (χ0v) is 11.6. The highest BCUT2D eigenvalue weighted by atomic mass is 32.2. The van der Waals surface area contributed by atoms with Gasteiger partial charge in [-0.2, -0.15) is 4.72 Å². The molecule has 7 heteroatoms. The van der Waals surface area contributed by atoms with Gasteiger partial charge in [0, 0.05) is 0 Å². The van der Waals surface area contributed by atoms with Crippen LogP contribution in [0, 0.1) is 0 Å². The maximum atomic E-state index is 12.2. The van der Waals surface area contributed by atoms with Crippen molar-refractivity contribution in [3.05, 3.63) is 42.5 Å². The Bertz CT molecular complexity index is 743. The molecule has 2 rings (SSSR count). The fraction of sp³-hybridized carbons (Fsp3) is 0.154. The number of nitrogens with two attached hydrogens (primary N) is 1. The fourth-order valence-corrected chi connectivity index (χ4v) is 3.05. The first-order valence-electron chi connectivity index (χ1n) is 5.95. The molecule has 1 atom stereocenters. The lowest BCUT2D eigenvalue weighted by molar-refractivity contribution is -0.122. The van der Waals surface area contributed by atoms with Gasteiger partial charge in [-0.1, -0.05) is 30.3 Å². The average molecular weight is 293 g/mol. The highest BCUT2D eigenvalue weighted by molar-refractivity contribution is 7.89. The minimum Gasteiger partial charge on any atom is -0.293 e. The minimum absolute atomic E-state index is 0.105. The van der Waals surface area contributed by atoms with Gasteiger partial charge >= 0.3 is 0 Å². The van der Waals surface area contributed by atoms with E-state index >= 15 is 0 Å². The number of hydrazine groups is 1. The molecule has 0 bridgehead atoms. The molecule has 2 aromatic carbocycles. The number of hydrogen-bond acceptors (Lipinski definition) is 4. The van der Waals surface area contributed by atoms with Crippen molar-refractivity contribution in [3.63, 3.8) is 0 Å². The maximum absolute atomic E-state index is 12.2. The number of sulfonamides is 1. The molecule has 0 aliphatic rings. The second-order valence-electron chi connectivity index (χ2n) is 4.36. The first-order chi connectivity index (χ1) is 9.44. The second-order valence-corrected chi connectivity index (χ2v) is 6.07. The van der Waals surface area contributed by atoms with Crippen LogP contribution in [0.25, 0.3) is 10.8 Å². The van der Waals surface area contributed by atoms with Gasteiger partial charge in [0.15, 0.2) is 0 Å². The third kappa shape index (κ3) is 2.96. The summed E-state index contributed by atoms with van der Waals surface area (Å²) in [6.45, 7) is 1.42. The van der Waals surface area contributed by atoms with E-state index in [0.29, 0.717) is 0 Å². The predicted molar refractivity (Wildman–Crippen MR) is 76.1 cm³/mol. The van der Waals surface area contributed by atoms with Crippen molar-refractivity contribution in [3.8, 4) is 0 Å². The summed E-state index contributed by atoms with van der Waals surface area (Å²) in [6, 6.07) is 11.3. The molecule has 2 aromatic rings. The van der Waals surface area contributed by atoms with E-state index in [1.165, 1.54) is 13.0 Å². The number of carbonyl (C=O) groups excluding carboxylic acids is 1. The quantitative estimate of drug-likeness (QED) is 0.434. The van der Waals surface area contributed by atoms with Crippen molar-refractivity contribution in [1.82, 2.24) is 10.1 Å². The van der Waals surface area contributed by atoms with Gasteiger partial charge in [0.05, 0.1) is 10.9 Å². The molecule has 6 nitrogen and oxygen atoms in total. The van der Waals surface area contributed by atoms with Gasteiger partial charge < -0.3 is 0 Å². The maximum Gasteiger partial charge on any atom is 0.251 e. The minimum atomic E-state index is -3.77. The fourth-order valence-electron chi connectivity index (χ4n) is 1.81. The summed E-state index contributed by atoms with van der Waals surface area (Å²) >= 11 is 0. The van der Waals surface area contributed by atoms with Gasteiger partial charge in [0.1, 0.15) is 0 Å². The Kier molecular flexibility index (Phi) is 4.03. The molecular formula is C13H15N3O3S. The van der Waals surface area contributed by atoms with E-state index in [1.807, 2.05) is 29.7 Å². The monoisotopic (exact) mass is 293 g/mol. The van der Waals surface area contributed by atoms with Crippen LogP contribution >= 0.6 is 0 Å². The number of fused-ring (bicyclic) bond motifs is 1. The molecule has 0 radical (unpaired) electrons. The molecule has 0 aromatic heterocycles. The van der Waals surface area contributed by atoms with Gasteiger partial charge in [-0.25, -0.2) is 14.3 Å². The van der Waals surface area contributed by atoms with Crippen LogP contribution in [0.5, 0.6) is 0 Å². The largest absolute Gasteiger partial charge is 0.293 e. The second kappa shape index (κ2) is 5.58. The third-order valence-electron chi connectivity index (χ3n) is 2.90. The zero-order valence-electron chi connectivity index (χ0n) is 10.8. The van der Waals surface area contributed by atoms with Crippen molar-refractivity contribution in [2.45, 2.75) is 17.9 Å². The van der Waals surface area contributed by atoms with Gasteiger partial charge in [-0.15, -0.1) is 0 Å². The highest BCUT2D eigenvalue weighted by Gasteiger charge is 2.21. The number of amides is 1. The number of rotatable bonds is 4. The molecule has 0 fully saturated rings. The Labute approximate surface area is 117 Å². The van der Waals surface area contributed by atoms with Crippen LogP contribution < -0.4 is 16.0 Å².